The number of esters is 1. The van der Waals surface area contributed by atoms with Gasteiger partial charge in [-0.15, -0.1) is 0 Å². The number of aryl methyl sites for hydroxylation is 1. The molecule has 4 nitrogen and oxygen atoms in total. The van der Waals surface area contributed by atoms with E-state index in [9.17, 15) is 18.4 Å². The number of amides is 1. The Kier molecular flexibility index (Phi) is 6.22. The molecule has 0 aliphatic carbocycles. The number of rotatable bonds is 6. The van der Waals surface area contributed by atoms with Crippen molar-refractivity contribution in [3.63, 3.8) is 0 Å². The van der Waals surface area contributed by atoms with Gasteiger partial charge in [0.15, 0.2) is 0 Å². The number of nitrogens with one attached hydrogen (secondary N) is 1. The van der Waals surface area contributed by atoms with E-state index in [1.807, 2.05) is 31.2 Å². The van der Waals surface area contributed by atoms with Gasteiger partial charge in [-0.2, -0.15) is 0 Å². The highest BCUT2D eigenvalue weighted by Gasteiger charge is 2.22. The zero-order chi connectivity index (χ0) is 18.4. The molecule has 6 heteroatoms. The number of ether oxygens (including phenoxy) is 1. The summed E-state index contributed by atoms with van der Waals surface area (Å²) in [5.74, 6) is -2.62. The largest absolute Gasteiger partial charge is 0.467 e. The number of carbonyl (C=O) groups is 2. The van der Waals surface area contributed by atoms with Crippen LogP contribution >= 0.6 is 0 Å². The van der Waals surface area contributed by atoms with E-state index in [0.717, 1.165) is 29.3 Å². The van der Waals surface area contributed by atoms with E-state index in [0.29, 0.717) is 0 Å². The topological polar surface area (TPSA) is 55.4 Å². The van der Waals surface area contributed by atoms with Crippen LogP contribution in [-0.2, 0) is 27.2 Å². The molecule has 25 heavy (non-hydrogen) atoms. The molecule has 1 atom stereocenters. The molecule has 0 fully saturated rings. The summed E-state index contributed by atoms with van der Waals surface area (Å²) in [4.78, 5) is 24.1. The summed E-state index contributed by atoms with van der Waals surface area (Å²) in [6.45, 7) is 1.90. The third kappa shape index (κ3) is 5.38. The molecule has 2 rings (SSSR count). The first kappa shape index (κ1) is 18.6. The van der Waals surface area contributed by atoms with E-state index in [4.69, 9.17) is 4.74 Å². The van der Waals surface area contributed by atoms with Crippen LogP contribution < -0.4 is 5.32 Å². The van der Waals surface area contributed by atoms with Crippen molar-refractivity contribution < 1.29 is 23.1 Å². The normalized spacial score (nSPS) is 11.7. The Morgan fingerprint density at radius 1 is 1.12 bits per heavy atom. The van der Waals surface area contributed by atoms with Crippen molar-refractivity contribution in [1.82, 2.24) is 5.32 Å². The number of methoxy groups -OCH3 is 1. The number of halogens is 2. The summed E-state index contributed by atoms with van der Waals surface area (Å²) >= 11 is 0. The Bertz CT molecular complexity index is 757. The van der Waals surface area contributed by atoms with E-state index >= 15 is 0 Å². The summed E-state index contributed by atoms with van der Waals surface area (Å²) in [7, 11) is 1.24. The van der Waals surface area contributed by atoms with E-state index in [1.165, 1.54) is 7.11 Å². The van der Waals surface area contributed by atoms with Crippen molar-refractivity contribution in [1.29, 1.82) is 0 Å². The Morgan fingerprint density at radius 3 is 2.36 bits per heavy atom. The van der Waals surface area contributed by atoms with Gasteiger partial charge in [0, 0.05) is 12.5 Å². The second kappa shape index (κ2) is 8.37. The lowest BCUT2D eigenvalue weighted by Crippen LogP contribution is -2.43. The zero-order valence-electron chi connectivity index (χ0n) is 14.0. The average Bonchev–Trinajstić information content (AvgIpc) is 2.54. The van der Waals surface area contributed by atoms with Gasteiger partial charge in [-0.3, -0.25) is 4.79 Å². The second-order valence-electron chi connectivity index (χ2n) is 5.73. The number of hydrogen-bond donors (Lipinski definition) is 1. The van der Waals surface area contributed by atoms with Gasteiger partial charge in [-0.25, -0.2) is 13.6 Å². The Balaban J connectivity index is 2.09. The molecule has 0 aliphatic rings. The number of hydrogen-bond acceptors (Lipinski definition) is 3. The molecule has 0 saturated heterocycles. The molecular formula is C19H19F2NO3. The van der Waals surface area contributed by atoms with Gasteiger partial charge in [0.1, 0.15) is 17.7 Å². The third-order valence-corrected chi connectivity index (χ3v) is 3.79. The molecule has 2 aromatic carbocycles. The van der Waals surface area contributed by atoms with Crippen molar-refractivity contribution in [3.05, 3.63) is 70.8 Å². The predicted molar refractivity (Wildman–Crippen MR) is 88.9 cm³/mol. The molecule has 0 aliphatic heterocycles. The molecular weight excluding hydrogens is 328 g/mol. The number of benzene rings is 2. The van der Waals surface area contributed by atoms with Crippen molar-refractivity contribution in [2.45, 2.75) is 25.8 Å². The SMILES string of the molecule is COC(=O)[C@H](Cc1ccccc1C)NC(=O)Cc1cc(F)cc(F)c1. The maximum Gasteiger partial charge on any atom is 0.328 e. The molecule has 0 aromatic heterocycles. The van der Waals surface area contributed by atoms with Gasteiger partial charge in [0.05, 0.1) is 13.5 Å². The van der Waals surface area contributed by atoms with Crippen LogP contribution in [0.1, 0.15) is 16.7 Å². The highest BCUT2D eigenvalue weighted by Crippen LogP contribution is 2.12. The van der Waals surface area contributed by atoms with Crippen LogP contribution in [0.5, 0.6) is 0 Å². The minimum absolute atomic E-state index is 0.189. The lowest BCUT2D eigenvalue weighted by Gasteiger charge is -2.18. The van der Waals surface area contributed by atoms with Crippen LogP contribution in [0.25, 0.3) is 0 Å². The summed E-state index contributed by atoms with van der Waals surface area (Å²) in [5.41, 5.74) is 2.07. The second-order valence-corrected chi connectivity index (χ2v) is 5.73. The van der Waals surface area contributed by atoms with Crippen LogP contribution in [0.3, 0.4) is 0 Å². The van der Waals surface area contributed by atoms with Gasteiger partial charge in [0.25, 0.3) is 0 Å². The van der Waals surface area contributed by atoms with Gasteiger partial charge in [0.2, 0.25) is 5.91 Å². The minimum atomic E-state index is -0.878. The smallest absolute Gasteiger partial charge is 0.328 e. The highest BCUT2D eigenvalue weighted by molar-refractivity contribution is 5.85. The van der Waals surface area contributed by atoms with Crippen LogP contribution in [0.4, 0.5) is 8.78 Å². The van der Waals surface area contributed by atoms with Crippen LogP contribution in [-0.4, -0.2) is 25.0 Å². The van der Waals surface area contributed by atoms with Crippen LogP contribution in [0.15, 0.2) is 42.5 Å². The third-order valence-electron chi connectivity index (χ3n) is 3.79. The highest BCUT2D eigenvalue weighted by atomic mass is 19.1. The van der Waals surface area contributed by atoms with Gasteiger partial charge in [-0.1, -0.05) is 24.3 Å². The maximum absolute atomic E-state index is 13.2. The van der Waals surface area contributed by atoms with Crippen molar-refractivity contribution in [3.8, 4) is 0 Å². The van der Waals surface area contributed by atoms with E-state index in [-0.39, 0.29) is 18.4 Å². The first-order valence-electron chi connectivity index (χ1n) is 7.75. The molecule has 0 unspecified atom stereocenters. The van der Waals surface area contributed by atoms with Gasteiger partial charge >= 0.3 is 5.97 Å². The number of carbonyl (C=O) groups excluding carboxylic acids is 2. The molecule has 0 bridgehead atoms. The molecule has 0 radical (unpaired) electrons. The van der Waals surface area contributed by atoms with Gasteiger partial charge in [-0.05, 0) is 35.7 Å². The fraction of sp³-hybridized carbons (Fsp3) is 0.263. The Labute approximate surface area is 144 Å². The van der Waals surface area contributed by atoms with E-state index in [1.54, 1.807) is 0 Å². The fourth-order valence-corrected chi connectivity index (χ4v) is 2.54. The van der Waals surface area contributed by atoms with Crippen molar-refractivity contribution in [2.75, 3.05) is 7.11 Å². The quantitative estimate of drug-likeness (QED) is 0.818. The minimum Gasteiger partial charge on any atom is -0.467 e. The summed E-state index contributed by atoms with van der Waals surface area (Å²) in [5, 5.41) is 2.57. The lowest BCUT2D eigenvalue weighted by atomic mass is 10.0. The van der Waals surface area contributed by atoms with E-state index in [2.05, 4.69) is 5.32 Å². The van der Waals surface area contributed by atoms with Crippen molar-refractivity contribution in [2.24, 2.45) is 0 Å². The lowest BCUT2D eigenvalue weighted by molar-refractivity contribution is -0.145. The van der Waals surface area contributed by atoms with Crippen LogP contribution in [0.2, 0.25) is 0 Å². The molecule has 1 amide bonds. The van der Waals surface area contributed by atoms with Crippen molar-refractivity contribution >= 4 is 11.9 Å². The summed E-state index contributed by atoms with van der Waals surface area (Å²) in [6.07, 6.45) is 0.0263. The van der Waals surface area contributed by atoms with Crippen LogP contribution in [0, 0.1) is 18.6 Å². The average molecular weight is 347 g/mol. The molecule has 132 valence electrons. The molecule has 2 aromatic rings. The predicted octanol–water partition coefficient (Wildman–Crippen LogP) is 2.72. The van der Waals surface area contributed by atoms with E-state index < -0.39 is 29.6 Å². The molecule has 0 spiro atoms. The zero-order valence-corrected chi connectivity index (χ0v) is 14.0. The Morgan fingerprint density at radius 2 is 1.76 bits per heavy atom. The Hall–Kier alpha value is -2.76. The first-order chi connectivity index (χ1) is 11.9. The monoisotopic (exact) mass is 347 g/mol. The summed E-state index contributed by atoms with van der Waals surface area (Å²) in [6, 6.07) is 9.50. The molecule has 0 saturated carbocycles. The fourth-order valence-electron chi connectivity index (χ4n) is 2.54. The molecule has 1 N–H and O–H groups in total. The first-order valence-corrected chi connectivity index (χ1v) is 7.75. The maximum atomic E-state index is 13.2. The molecule has 0 heterocycles. The van der Waals surface area contributed by atoms with Gasteiger partial charge < -0.3 is 10.1 Å². The summed E-state index contributed by atoms with van der Waals surface area (Å²) < 4.78 is 31.2. The standard InChI is InChI=1S/C19H19F2NO3/c1-12-5-3-4-6-14(12)10-17(19(24)25-2)22-18(23)9-13-7-15(20)11-16(21)8-13/h3-8,11,17H,9-10H2,1-2H3,(H,22,23)/t17-/m0/s1.